The zero-order valence-corrected chi connectivity index (χ0v) is 6.45. The lowest BCUT2D eigenvalue weighted by molar-refractivity contribution is 0.218. The Labute approximate surface area is 58.0 Å². The summed E-state index contributed by atoms with van der Waals surface area (Å²) in [5.74, 6) is 0.723. The molecule has 0 aromatic rings. The van der Waals surface area contributed by atoms with Gasteiger partial charge in [-0.2, -0.15) is 0 Å². The van der Waals surface area contributed by atoms with Crippen molar-refractivity contribution in [2.24, 2.45) is 0 Å². The molecular weight excluding hydrogens is 136 g/mol. The molecule has 1 saturated carbocycles. The van der Waals surface area contributed by atoms with Crippen molar-refractivity contribution in [2.45, 2.75) is 18.1 Å². The van der Waals surface area contributed by atoms with Gasteiger partial charge in [0.15, 0.2) is 0 Å². The van der Waals surface area contributed by atoms with Crippen LogP contribution in [-0.2, 0) is 15.5 Å². The quantitative estimate of drug-likeness (QED) is 0.582. The zero-order chi connectivity index (χ0) is 6.69. The van der Waals surface area contributed by atoms with Gasteiger partial charge >= 0.3 is 0 Å². The molecule has 0 N–H and O–H groups in total. The van der Waals surface area contributed by atoms with Crippen molar-refractivity contribution in [3.8, 4) is 0 Å². The maximum Gasteiger partial charge on any atom is 0.0577 e. The van der Waals surface area contributed by atoms with Gasteiger partial charge in [-0.3, -0.25) is 4.21 Å². The van der Waals surface area contributed by atoms with E-state index in [2.05, 4.69) is 0 Å². The van der Waals surface area contributed by atoms with Crippen LogP contribution in [0, 0.1) is 0 Å². The summed E-state index contributed by atoms with van der Waals surface area (Å²) in [6, 6.07) is 0. The highest BCUT2D eigenvalue weighted by atomic mass is 32.2. The number of hydrogen-bond donors (Lipinski definition) is 0. The van der Waals surface area contributed by atoms with Gasteiger partial charge in [-0.05, 0) is 12.8 Å². The normalized spacial score (nSPS) is 21.9. The van der Waals surface area contributed by atoms with Crippen LogP contribution in [-0.4, -0.2) is 28.9 Å². The highest BCUT2D eigenvalue weighted by Crippen LogP contribution is 2.25. The van der Waals surface area contributed by atoms with Gasteiger partial charge in [-0.15, -0.1) is 0 Å². The second-order valence-corrected chi connectivity index (χ2v) is 4.11. The molecule has 0 heterocycles. The molecule has 1 rings (SSSR count). The summed E-state index contributed by atoms with van der Waals surface area (Å²) in [7, 11) is 1.06. The first-order chi connectivity index (χ1) is 4.34. The van der Waals surface area contributed by atoms with Crippen molar-refractivity contribution in [1.29, 1.82) is 0 Å². The Kier molecular flexibility index (Phi) is 2.66. The second kappa shape index (κ2) is 3.32. The highest BCUT2D eigenvalue weighted by molar-refractivity contribution is 7.85. The van der Waals surface area contributed by atoms with Crippen LogP contribution in [0.1, 0.15) is 12.8 Å². The van der Waals surface area contributed by atoms with Crippen molar-refractivity contribution in [3.63, 3.8) is 0 Å². The van der Waals surface area contributed by atoms with Crippen LogP contribution in [0.5, 0.6) is 0 Å². The lowest BCUT2D eigenvalue weighted by atomic mass is 10.9. The van der Waals surface area contributed by atoms with Crippen LogP contribution in [0.4, 0.5) is 0 Å². The van der Waals surface area contributed by atoms with Crippen LogP contribution in [0.25, 0.3) is 0 Å². The summed E-state index contributed by atoms with van der Waals surface area (Å²) in [5.41, 5.74) is 0. The minimum atomic E-state index is -0.586. The number of methoxy groups -OCH3 is 1. The van der Waals surface area contributed by atoms with Gasteiger partial charge in [0.2, 0.25) is 0 Å². The van der Waals surface area contributed by atoms with Gasteiger partial charge in [0, 0.05) is 28.9 Å². The van der Waals surface area contributed by atoms with E-state index in [1.54, 1.807) is 7.11 Å². The van der Waals surface area contributed by atoms with E-state index in [1.807, 2.05) is 0 Å². The molecule has 0 aliphatic heterocycles. The standard InChI is InChI=1S/C6H12O2S/c1-8-4-5-9(7)6-2-3-6/h6H,2-5H2,1H3. The van der Waals surface area contributed by atoms with Crippen molar-refractivity contribution in [3.05, 3.63) is 0 Å². The van der Waals surface area contributed by atoms with Gasteiger partial charge < -0.3 is 4.74 Å². The van der Waals surface area contributed by atoms with Crippen LogP contribution >= 0.6 is 0 Å². The molecule has 1 aliphatic carbocycles. The smallest absolute Gasteiger partial charge is 0.0577 e. The molecule has 54 valence electrons. The molecule has 1 fully saturated rings. The van der Waals surface area contributed by atoms with E-state index in [1.165, 1.54) is 0 Å². The van der Waals surface area contributed by atoms with E-state index in [4.69, 9.17) is 4.74 Å². The lowest BCUT2D eigenvalue weighted by Gasteiger charge is -1.96. The molecule has 0 saturated heterocycles. The number of ether oxygens (including phenoxy) is 1. The van der Waals surface area contributed by atoms with E-state index >= 15 is 0 Å². The minimum Gasteiger partial charge on any atom is -0.384 e. The molecule has 9 heavy (non-hydrogen) atoms. The Balaban J connectivity index is 2.03. The molecule has 1 unspecified atom stereocenters. The first kappa shape index (κ1) is 7.22. The molecule has 1 atom stereocenters. The maximum atomic E-state index is 11.0. The van der Waals surface area contributed by atoms with E-state index in [0.29, 0.717) is 11.9 Å². The van der Waals surface area contributed by atoms with Crippen LogP contribution in [0.15, 0.2) is 0 Å². The van der Waals surface area contributed by atoms with Crippen LogP contribution in [0.2, 0.25) is 0 Å². The fourth-order valence-electron chi connectivity index (χ4n) is 0.663. The van der Waals surface area contributed by atoms with E-state index in [9.17, 15) is 4.21 Å². The van der Waals surface area contributed by atoms with E-state index in [-0.39, 0.29) is 0 Å². The Morgan fingerprint density at radius 2 is 2.33 bits per heavy atom. The van der Waals surface area contributed by atoms with Crippen molar-refractivity contribution >= 4 is 10.8 Å². The summed E-state index contributed by atoms with van der Waals surface area (Å²) in [6.07, 6.45) is 2.33. The fourth-order valence-corrected chi connectivity index (χ4v) is 1.99. The van der Waals surface area contributed by atoms with Crippen LogP contribution in [0.3, 0.4) is 0 Å². The molecule has 2 nitrogen and oxygen atoms in total. The largest absolute Gasteiger partial charge is 0.384 e. The average Bonchev–Trinajstić information content (AvgIpc) is 2.63. The molecule has 0 aromatic heterocycles. The topological polar surface area (TPSA) is 26.3 Å². The van der Waals surface area contributed by atoms with Gasteiger partial charge in [-0.1, -0.05) is 0 Å². The Morgan fingerprint density at radius 3 is 2.78 bits per heavy atom. The Bertz CT molecular complexity index is 110. The van der Waals surface area contributed by atoms with Gasteiger partial charge in [0.05, 0.1) is 6.61 Å². The summed E-state index contributed by atoms with van der Waals surface area (Å²) >= 11 is 0. The number of hydrogen-bond acceptors (Lipinski definition) is 2. The van der Waals surface area contributed by atoms with Gasteiger partial charge in [-0.25, -0.2) is 0 Å². The third-order valence-electron chi connectivity index (χ3n) is 1.38. The fraction of sp³-hybridized carbons (Fsp3) is 1.00. The average molecular weight is 148 g/mol. The first-order valence-electron chi connectivity index (χ1n) is 3.20. The summed E-state index contributed by atoms with van der Waals surface area (Å²) in [6.45, 7) is 0.642. The summed E-state index contributed by atoms with van der Waals surface area (Å²) < 4.78 is 15.8. The zero-order valence-electron chi connectivity index (χ0n) is 5.63. The first-order valence-corrected chi connectivity index (χ1v) is 4.59. The molecule has 0 amide bonds. The SMILES string of the molecule is COCCS(=O)C1CC1. The predicted octanol–water partition coefficient (Wildman–Crippen LogP) is 0.544. The van der Waals surface area contributed by atoms with Crippen LogP contribution < -0.4 is 0 Å². The molecule has 0 spiro atoms. The van der Waals surface area contributed by atoms with E-state index < -0.39 is 10.8 Å². The molecule has 0 radical (unpaired) electrons. The highest BCUT2D eigenvalue weighted by Gasteiger charge is 2.27. The van der Waals surface area contributed by atoms with Gasteiger partial charge in [0.25, 0.3) is 0 Å². The number of rotatable bonds is 4. The molecule has 0 aromatic carbocycles. The monoisotopic (exact) mass is 148 g/mol. The predicted molar refractivity (Wildman–Crippen MR) is 37.9 cm³/mol. The third kappa shape index (κ3) is 2.45. The summed E-state index contributed by atoms with van der Waals surface area (Å²) in [5, 5.41) is 0.514. The van der Waals surface area contributed by atoms with Crippen molar-refractivity contribution in [1.82, 2.24) is 0 Å². The Hall–Kier alpha value is 0.110. The second-order valence-electron chi connectivity index (χ2n) is 2.28. The molecule has 1 aliphatic rings. The molecular formula is C6H12O2S. The third-order valence-corrected chi connectivity index (χ3v) is 3.17. The molecule has 0 bridgehead atoms. The van der Waals surface area contributed by atoms with E-state index in [0.717, 1.165) is 18.6 Å². The van der Waals surface area contributed by atoms with Crippen molar-refractivity contribution < 1.29 is 8.95 Å². The summed E-state index contributed by atoms with van der Waals surface area (Å²) in [4.78, 5) is 0. The van der Waals surface area contributed by atoms with Gasteiger partial charge in [0.1, 0.15) is 0 Å². The lowest BCUT2D eigenvalue weighted by Crippen LogP contribution is -2.07. The Morgan fingerprint density at radius 1 is 1.67 bits per heavy atom. The molecule has 3 heteroatoms. The maximum absolute atomic E-state index is 11.0. The van der Waals surface area contributed by atoms with Crippen molar-refractivity contribution in [2.75, 3.05) is 19.5 Å². The minimum absolute atomic E-state index is 0.514.